The minimum absolute atomic E-state index is 0.114. The summed E-state index contributed by atoms with van der Waals surface area (Å²) >= 11 is 3.40. The molecule has 0 radical (unpaired) electrons. The van der Waals surface area contributed by atoms with Gasteiger partial charge in [-0.1, -0.05) is 35.0 Å². The van der Waals surface area contributed by atoms with Crippen LogP contribution in [0.2, 0.25) is 0 Å². The molecule has 1 unspecified atom stereocenters. The van der Waals surface area contributed by atoms with Gasteiger partial charge in [0, 0.05) is 17.3 Å². The summed E-state index contributed by atoms with van der Waals surface area (Å²) in [5, 5.41) is 0.988. The molecule has 0 heterocycles. The van der Waals surface area contributed by atoms with Crippen molar-refractivity contribution in [2.24, 2.45) is 17.8 Å². The quantitative estimate of drug-likeness (QED) is 0.263. The van der Waals surface area contributed by atoms with Gasteiger partial charge < -0.3 is 4.74 Å². The first kappa shape index (κ1) is 19.4. The number of allylic oxidation sites excluding steroid dienone is 2. The van der Waals surface area contributed by atoms with Crippen LogP contribution in [0.4, 0.5) is 0 Å². The topological polar surface area (TPSA) is 43.4 Å². The standard InChI is InChI=1S/C20H29BrO3/c1-13-7-8-16(11-18-15(3)19(22)12-17(13)18)14(2)20(23)24-10-6-4-5-9-21/h13,16-17H,2,4-12H2,1,3H3/t13-,16?,17-/m1/s1. The molecular formula is C20H29BrO3. The van der Waals surface area contributed by atoms with E-state index in [2.05, 4.69) is 29.4 Å². The van der Waals surface area contributed by atoms with Crippen molar-refractivity contribution < 1.29 is 14.3 Å². The van der Waals surface area contributed by atoms with Crippen LogP contribution in [0.15, 0.2) is 23.3 Å². The molecule has 3 nitrogen and oxygen atoms in total. The van der Waals surface area contributed by atoms with Crippen LogP contribution in [0, 0.1) is 17.8 Å². The second kappa shape index (κ2) is 8.98. The highest BCUT2D eigenvalue weighted by molar-refractivity contribution is 9.09. The number of hydrogen-bond donors (Lipinski definition) is 0. The van der Waals surface area contributed by atoms with E-state index >= 15 is 0 Å². The lowest BCUT2D eigenvalue weighted by Gasteiger charge is -2.19. The van der Waals surface area contributed by atoms with Gasteiger partial charge in [0.05, 0.1) is 6.61 Å². The zero-order valence-electron chi connectivity index (χ0n) is 14.9. The average molecular weight is 397 g/mol. The summed E-state index contributed by atoms with van der Waals surface area (Å²) in [4.78, 5) is 24.4. The van der Waals surface area contributed by atoms with E-state index in [9.17, 15) is 9.59 Å². The van der Waals surface area contributed by atoms with Gasteiger partial charge in [0.2, 0.25) is 0 Å². The fourth-order valence-electron chi connectivity index (χ4n) is 3.91. The number of rotatable bonds is 7. The molecule has 24 heavy (non-hydrogen) atoms. The number of carbonyl (C=O) groups is 2. The van der Waals surface area contributed by atoms with Gasteiger partial charge in [-0.15, -0.1) is 0 Å². The molecule has 134 valence electrons. The zero-order chi connectivity index (χ0) is 17.7. The van der Waals surface area contributed by atoms with Gasteiger partial charge in [-0.25, -0.2) is 4.79 Å². The van der Waals surface area contributed by atoms with E-state index in [1.54, 1.807) is 0 Å². The lowest BCUT2D eigenvalue weighted by molar-refractivity contribution is -0.139. The van der Waals surface area contributed by atoms with Gasteiger partial charge in [0.25, 0.3) is 0 Å². The molecule has 0 aromatic heterocycles. The molecule has 4 heteroatoms. The summed E-state index contributed by atoms with van der Waals surface area (Å²) in [5.41, 5.74) is 2.78. The summed E-state index contributed by atoms with van der Waals surface area (Å²) < 4.78 is 5.39. The summed E-state index contributed by atoms with van der Waals surface area (Å²) in [6, 6.07) is 0. The van der Waals surface area contributed by atoms with Crippen LogP contribution in [0.5, 0.6) is 0 Å². The van der Waals surface area contributed by atoms with E-state index in [1.165, 1.54) is 5.57 Å². The lowest BCUT2D eigenvalue weighted by atomic mass is 9.86. The molecule has 1 saturated carbocycles. The average Bonchev–Trinajstić information content (AvgIpc) is 2.74. The zero-order valence-corrected chi connectivity index (χ0v) is 16.5. The SMILES string of the molecule is C=C(C(=O)OCCCCCBr)C1CC[C@@H](C)[C@H]2CC(=O)C(C)=C2C1. The Morgan fingerprint density at radius 1 is 1.25 bits per heavy atom. The van der Waals surface area contributed by atoms with Crippen molar-refractivity contribution in [2.75, 3.05) is 11.9 Å². The lowest BCUT2D eigenvalue weighted by Crippen LogP contribution is -2.16. The van der Waals surface area contributed by atoms with Crippen LogP contribution in [0.3, 0.4) is 0 Å². The number of fused-ring (bicyclic) bond motifs is 1. The number of alkyl halides is 1. The Morgan fingerprint density at radius 3 is 2.71 bits per heavy atom. The Labute approximate surface area is 154 Å². The molecule has 2 aliphatic carbocycles. The van der Waals surface area contributed by atoms with E-state index < -0.39 is 0 Å². The predicted molar refractivity (Wildman–Crippen MR) is 100 cm³/mol. The highest BCUT2D eigenvalue weighted by Gasteiger charge is 2.38. The third kappa shape index (κ3) is 4.59. The van der Waals surface area contributed by atoms with Gasteiger partial charge in [-0.05, 0) is 68.8 Å². The molecule has 0 aromatic rings. The first-order chi connectivity index (χ1) is 11.5. The fourth-order valence-corrected chi connectivity index (χ4v) is 4.31. The van der Waals surface area contributed by atoms with Crippen LogP contribution < -0.4 is 0 Å². The van der Waals surface area contributed by atoms with E-state index in [-0.39, 0.29) is 17.7 Å². The van der Waals surface area contributed by atoms with Gasteiger partial charge in [-0.3, -0.25) is 4.79 Å². The number of esters is 1. The number of ether oxygens (including phenoxy) is 1. The predicted octanol–water partition coefficient (Wildman–Crippen LogP) is 4.99. The van der Waals surface area contributed by atoms with Crippen molar-refractivity contribution in [3.8, 4) is 0 Å². The van der Waals surface area contributed by atoms with E-state index in [1.807, 2.05) is 6.92 Å². The Balaban J connectivity index is 1.94. The molecule has 1 fully saturated rings. The van der Waals surface area contributed by atoms with Gasteiger partial charge in [-0.2, -0.15) is 0 Å². The molecule has 0 spiro atoms. The van der Waals surface area contributed by atoms with Gasteiger partial charge in [0.15, 0.2) is 5.78 Å². The second-order valence-electron chi connectivity index (χ2n) is 7.25. The van der Waals surface area contributed by atoms with E-state index in [4.69, 9.17) is 4.74 Å². The van der Waals surface area contributed by atoms with Crippen molar-refractivity contribution in [3.05, 3.63) is 23.3 Å². The largest absolute Gasteiger partial charge is 0.462 e. The molecule has 0 bridgehead atoms. The van der Waals surface area contributed by atoms with Crippen LogP contribution in [0.25, 0.3) is 0 Å². The maximum atomic E-state index is 12.3. The summed E-state index contributed by atoms with van der Waals surface area (Å²) in [6.07, 6.45) is 6.50. The number of carbonyl (C=O) groups excluding carboxylic acids is 2. The molecular weight excluding hydrogens is 368 g/mol. The summed E-state index contributed by atoms with van der Waals surface area (Å²) in [7, 11) is 0. The molecule has 3 atom stereocenters. The molecule has 0 saturated heterocycles. The molecule has 0 N–H and O–H groups in total. The monoisotopic (exact) mass is 396 g/mol. The van der Waals surface area contributed by atoms with Crippen LogP contribution in [0.1, 0.15) is 58.8 Å². The molecule has 0 aromatic carbocycles. The number of halogens is 1. The van der Waals surface area contributed by atoms with E-state index in [0.717, 1.165) is 49.4 Å². The van der Waals surface area contributed by atoms with Crippen molar-refractivity contribution in [1.29, 1.82) is 0 Å². The van der Waals surface area contributed by atoms with Gasteiger partial charge in [0.1, 0.15) is 0 Å². The molecule has 2 rings (SSSR count). The van der Waals surface area contributed by atoms with Crippen LogP contribution in [-0.4, -0.2) is 23.7 Å². The van der Waals surface area contributed by atoms with Gasteiger partial charge >= 0.3 is 5.97 Å². The normalized spacial score (nSPS) is 27.0. The summed E-state index contributed by atoms with van der Waals surface area (Å²) in [5.74, 6) is 1.01. The number of ketones is 1. The van der Waals surface area contributed by atoms with Crippen LogP contribution >= 0.6 is 15.9 Å². The number of unbranched alkanes of at least 4 members (excludes halogenated alkanes) is 2. The number of Topliss-reactive ketones (excluding diaryl/α,β-unsaturated/α-hetero) is 1. The minimum atomic E-state index is -0.257. The Morgan fingerprint density at radius 2 is 2.00 bits per heavy atom. The van der Waals surface area contributed by atoms with Crippen molar-refractivity contribution in [2.45, 2.75) is 58.8 Å². The van der Waals surface area contributed by atoms with E-state index in [0.29, 0.717) is 30.4 Å². The Hall–Kier alpha value is -0.900. The second-order valence-corrected chi connectivity index (χ2v) is 8.04. The van der Waals surface area contributed by atoms with Crippen molar-refractivity contribution >= 4 is 27.7 Å². The van der Waals surface area contributed by atoms with Crippen molar-refractivity contribution in [1.82, 2.24) is 0 Å². The third-order valence-electron chi connectivity index (χ3n) is 5.64. The molecule has 0 aliphatic heterocycles. The fraction of sp³-hybridized carbons (Fsp3) is 0.700. The smallest absolute Gasteiger partial charge is 0.333 e. The van der Waals surface area contributed by atoms with Crippen molar-refractivity contribution in [3.63, 3.8) is 0 Å². The Kier molecular flexibility index (Phi) is 7.27. The first-order valence-corrected chi connectivity index (χ1v) is 10.2. The maximum Gasteiger partial charge on any atom is 0.333 e. The first-order valence-electron chi connectivity index (χ1n) is 9.10. The number of hydrogen-bond acceptors (Lipinski definition) is 3. The third-order valence-corrected chi connectivity index (χ3v) is 6.20. The highest BCUT2D eigenvalue weighted by Crippen LogP contribution is 2.45. The highest BCUT2D eigenvalue weighted by atomic mass is 79.9. The minimum Gasteiger partial charge on any atom is -0.462 e. The molecule has 2 aliphatic rings. The molecule has 0 amide bonds. The maximum absolute atomic E-state index is 12.3. The Bertz CT molecular complexity index is 535. The van der Waals surface area contributed by atoms with Crippen LogP contribution in [-0.2, 0) is 14.3 Å². The summed E-state index contributed by atoms with van der Waals surface area (Å²) in [6.45, 7) is 8.67.